The molecule has 0 radical (unpaired) electrons. The Morgan fingerprint density at radius 1 is 1.50 bits per heavy atom. The molecule has 0 aliphatic carbocycles. The summed E-state index contributed by atoms with van der Waals surface area (Å²) in [6.07, 6.45) is 0.0471. The summed E-state index contributed by atoms with van der Waals surface area (Å²) in [5, 5.41) is 20.5. The quantitative estimate of drug-likeness (QED) is 0.579. The number of aliphatic carboxylic acids is 1. The number of aryl methyl sites for hydroxylation is 2. The molecular formula is C13H15N3O4. The third-order valence-corrected chi connectivity index (χ3v) is 3.40. The van der Waals surface area contributed by atoms with Gasteiger partial charge in [-0.15, -0.1) is 0 Å². The smallest absolute Gasteiger partial charge is 0.320 e. The number of nitrogens with zero attached hydrogens (tertiary/aromatic N) is 1. The van der Waals surface area contributed by atoms with Gasteiger partial charge in [-0.05, 0) is 25.0 Å². The standard InChI is InChI=1S/C13H15N3O4/c1-6-3-4-10(16(19)20)11-8(5-9(14)13(17)18)7(2)15-12(6)11/h3-4,9,15H,5,14H2,1-2H3,(H,17,18). The Kier molecular flexibility index (Phi) is 3.46. The summed E-state index contributed by atoms with van der Waals surface area (Å²) in [6, 6.07) is 2.01. The summed E-state index contributed by atoms with van der Waals surface area (Å²) in [4.78, 5) is 24.7. The van der Waals surface area contributed by atoms with E-state index in [9.17, 15) is 14.9 Å². The number of benzene rings is 1. The molecule has 2 rings (SSSR count). The van der Waals surface area contributed by atoms with Crippen LogP contribution >= 0.6 is 0 Å². The molecule has 0 aliphatic rings. The van der Waals surface area contributed by atoms with E-state index in [0.717, 1.165) is 5.56 Å². The molecule has 4 N–H and O–H groups in total. The Bertz CT molecular complexity index is 705. The SMILES string of the molecule is Cc1[nH]c2c(C)ccc([N+](=O)[O-])c2c1CC(N)C(=O)O. The van der Waals surface area contributed by atoms with Crippen molar-refractivity contribution >= 4 is 22.6 Å². The normalized spacial score (nSPS) is 12.6. The van der Waals surface area contributed by atoms with Crippen molar-refractivity contribution in [1.82, 2.24) is 4.98 Å². The molecule has 2 aromatic rings. The Balaban J connectivity index is 2.70. The second-order valence-corrected chi connectivity index (χ2v) is 4.79. The van der Waals surface area contributed by atoms with Crippen molar-refractivity contribution in [3.63, 3.8) is 0 Å². The lowest BCUT2D eigenvalue weighted by Gasteiger charge is -2.07. The molecule has 1 heterocycles. The number of non-ortho nitro benzene ring substituents is 1. The van der Waals surface area contributed by atoms with Gasteiger partial charge in [0.05, 0.1) is 15.8 Å². The fourth-order valence-electron chi connectivity index (χ4n) is 2.33. The highest BCUT2D eigenvalue weighted by Gasteiger charge is 2.23. The van der Waals surface area contributed by atoms with Crippen LogP contribution in [0.2, 0.25) is 0 Å². The summed E-state index contributed by atoms with van der Waals surface area (Å²) < 4.78 is 0. The maximum absolute atomic E-state index is 11.2. The monoisotopic (exact) mass is 277 g/mol. The summed E-state index contributed by atoms with van der Waals surface area (Å²) >= 11 is 0. The van der Waals surface area contributed by atoms with Crippen LogP contribution < -0.4 is 5.73 Å². The van der Waals surface area contributed by atoms with Gasteiger partial charge in [-0.25, -0.2) is 0 Å². The van der Waals surface area contributed by atoms with Gasteiger partial charge in [0, 0.05) is 18.2 Å². The van der Waals surface area contributed by atoms with Crippen LogP contribution in [0.15, 0.2) is 12.1 Å². The average molecular weight is 277 g/mol. The van der Waals surface area contributed by atoms with E-state index < -0.39 is 16.9 Å². The van der Waals surface area contributed by atoms with Crippen LogP contribution in [0.1, 0.15) is 16.8 Å². The number of carbonyl (C=O) groups is 1. The van der Waals surface area contributed by atoms with Gasteiger partial charge in [0.15, 0.2) is 0 Å². The highest BCUT2D eigenvalue weighted by molar-refractivity contribution is 5.95. The zero-order valence-corrected chi connectivity index (χ0v) is 11.1. The molecule has 0 amide bonds. The van der Waals surface area contributed by atoms with Crippen LogP contribution in [-0.2, 0) is 11.2 Å². The molecule has 0 spiro atoms. The number of fused-ring (bicyclic) bond motifs is 1. The number of carboxylic acids is 1. The number of hydrogen-bond acceptors (Lipinski definition) is 4. The van der Waals surface area contributed by atoms with Crippen molar-refractivity contribution in [2.75, 3.05) is 0 Å². The minimum atomic E-state index is -1.13. The highest BCUT2D eigenvalue weighted by atomic mass is 16.6. The Morgan fingerprint density at radius 2 is 2.15 bits per heavy atom. The van der Waals surface area contributed by atoms with E-state index in [0.29, 0.717) is 22.2 Å². The third kappa shape index (κ3) is 2.23. The van der Waals surface area contributed by atoms with Gasteiger partial charge in [0.2, 0.25) is 0 Å². The zero-order chi connectivity index (χ0) is 15.0. The first-order chi connectivity index (χ1) is 9.32. The van der Waals surface area contributed by atoms with Gasteiger partial charge >= 0.3 is 5.97 Å². The molecule has 0 saturated carbocycles. The molecule has 0 fully saturated rings. The lowest BCUT2D eigenvalue weighted by atomic mass is 10.0. The molecule has 1 unspecified atom stereocenters. The van der Waals surface area contributed by atoms with Gasteiger partial charge in [-0.3, -0.25) is 14.9 Å². The van der Waals surface area contributed by atoms with Crippen LogP contribution in [0, 0.1) is 24.0 Å². The predicted octanol–water partition coefficient (Wildman–Crippen LogP) is 1.65. The Morgan fingerprint density at radius 3 is 2.70 bits per heavy atom. The maximum atomic E-state index is 11.2. The van der Waals surface area contributed by atoms with Crippen molar-refractivity contribution in [3.8, 4) is 0 Å². The molecule has 20 heavy (non-hydrogen) atoms. The molecule has 7 nitrogen and oxygen atoms in total. The molecular weight excluding hydrogens is 262 g/mol. The van der Waals surface area contributed by atoms with Gasteiger partial charge in [0.1, 0.15) is 6.04 Å². The third-order valence-electron chi connectivity index (χ3n) is 3.40. The minimum Gasteiger partial charge on any atom is -0.480 e. The van der Waals surface area contributed by atoms with Crippen molar-refractivity contribution in [1.29, 1.82) is 0 Å². The van der Waals surface area contributed by atoms with Crippen LogP contribution in [0.4, 0.5) is 5.69 Å². The number of aromatic nitrogens is 1. The second kappa shape index (κ2) is 4.93. The number of rotatable bonds is 4. The molecule has 0 bridgehead atoms. The molecule has 0 saturated heterocycles. The zero-order valence-electron chi connectivity index (χ0n) is 11.1. The number of aromatic amines is 1. The predicted molar refractivity (Wildman–Crippen MR) is 73.7 cm³/mol. The molecule has 1 aromatic carbocycles. The van der Waals surface area contributed by atoms with E-state index in [1.165, 1.54) is 6.07 Å². The topological polar surface area (TPSA) is 122 Å². The largest absolute Gasteiger partial charge is 0.480 e. The highest BCUT2D eigenvalue weighted by Crippen LogP contribution is 2.33. The molecule has 7 heteroatoms. The summed E-state index contributed by atoms with van der Waals surface area (Å²) in [5.74, 6) is -1.13. The summed E-state index contributed by atoms with van der Waals surface area (Å²) in [7, 11) is 0. The number of carboxylic acid groups (broad SMARTS) is 1. The lowest BCUT2D eigenvalue weighted by molar-refractivity contribution is -0.383. The second-order valence-electron chi connectivity index (χ2n) is 4.79. The lowest BCUT2D eigenvalue weighted by Crippen LogP contribution is -2.32. The first-order valence-corrected chi connectivity index (χ1v) is 6.06. The first kappa shape index (κ1) is 14.0. The van der Waals surface area contributed by atoms with Crippen molar-refractivity contribution < 1.29 is 14.8 Å². The van der Waals surface area contributed by atoms with E-state index in [-0.39, 0.29) is 12.1 Å². The number of nitro benzene ring substituents is 1. The maximum Gasteiger partial charge on any atom is 0.320 e. The molecule has 106 valence electrons. The number of nitro groups is 1. The molecule has 0 aliphatic heterocycles. The number of nitrogens with two attached hydrogens (primary N) is 1. The first-order valence-electron chi connectivity index (χ1n) is 6.06. The van der Waals surface area contributed by atoms with Gasteiger partial charge < -0.3 is 15.8 Å². The van der Waals surface area contributed by atoms with E-state index >= 15 is 0 Å². The van der Waals surface area contributed by atoms with Crippen molar-refractivity contribution in [2.45, 2.75) is 26.3 Å². The Labute approximate surface area is 114 Å². The van der Waals surface area contributed by atoms with Crippen molar-refractivity contribution in [2.24, 2.45) is 5.73 Å². The Hall–Kier alpha value is -2.41. The van der Waals surface area contributed by atoms with Crippen LogP contribution in [0.25, 0.3) is 10.9 Å². The number of H-pyrrole nitrogens is 1. The fourth-order valence-corrected chi connectivity index (χ4v) is 2.33. The molecule has 1 aromatic heterocycles. The fraction of sp³-hybridized carbons (Fsp3) is 0.308. The summed E-state index contributed by atoms with van der Waals surface area (Å²) in [6.45, 7) is 3.59. The van der Waals surface area contributed by atoms with Crippen LogP contribution in [-0.4, -0.2) is 27.0 Å². The van der Waals surface area contributed by atoms with E-state index in [1.807, 2.05) is 6.92 Å². The van der Waals surface area contributed by atoms with E-state index in [2.05, 4.69) is 4.98 Å². The van der Waals surface area contributed by atoms with Gasteiger partial charge in [0.25, 0.3) is 5.69 Å². The number of hydrogen-bond donors (Lipinski definition) is 3. The van der Waals surface area contributed by atoms with E-state index in [1.54, 1.807) is 13.0 Å². The molecule has 1 atom stereocenters. The average Bonchev–Trinajstić information content (AvgIpc) is 2.68. The summed E-state index contributed by atoms with van der Waals surface area (Å²) in [5.41, 5.74) is 8.32. The van der Waals surface area contributed by atoms with Crippen LogP contribution in [0.3, 0.4) is 0 Å². The van der Waals surface area contributed by atoms with Crippen molar-refractivity contribution in [3.05, 3.63) is 39.1 Å². The van der Waals surface area contributed by atoms with Gasteiger partial charge in [-0.2, -0.15) is 0 Å². The van der Waals surface area contributed by atoms with Crippen LogP contribution in [0.5, 0.6) is 0 Å². The number of nitrogens with one attached hydrogen (secondary N) is 1. The van der Waals surface area contributed by atoms with E-state index in [4.69, 9.17) is 10.8 Å². The van der Waals surface area contributed by atoms with Gasteiger partial charge in [-0.1, -0.05) is 6.07 Å². The minimum absolute atomic E-state index is 0.0393.